The lowest BCUT2D eigenvalue weighted by atomic mass is 10.1. The maximum absolute atomic E-state index is 13.7. The van der Waals surface area contributed by atoms with Crippen LogP contribution in [0.15, 0.2) is 36.4 Å². The second-order valence-electron chi connectivity index (χ2n) is 5.71. The highest BCUT2D eigenvalue weighted by atomic mass is 19.1. The fourth-order valence-corrected chi connectivity index (χ4v) is 2.58. The van der Waals surface area contributed by atoms with Crippen LogP contribution in [0.25, 0.3) is 0 Å². The fraction of sp³-hybridized carbons (Fsp3) is 0.278. The van der Waals surface area contributed by atoms with E-state index < -0.39 is 28.9 Å². The number of anilines is 1. The molecular weight excluding hydrogens is 332 g/mol. The van der Waals surface area contributed by atoms with Crippen LogP contribution in [0, 0.1) is 11.6 Å². The zero-order valence-electron chi connectivity index (χ0n) is 13.3. The summed E-state index contributed by atoms with van der Waals surface area (Å²) >= 11 is 0. The molecule has 1 aliphatic heterocycles. The molecule has 1 atom stereocenters. The van der Waals surface area contributed by atoms with E-state index in [-0.39, 0.29) is 6.10 Å². The minimum atomic E-state index is -1.13. The van der Waals surface area contributed by atoms with Gasteiger partial charge in [-0.2, -0.15) is 0 Å². The first-order chi connectivity index (χ1) is 12.0. The molecule has 2 aromatic rings. The van der Waals surface area contributed by atoms with E-state index in [1.165, 1.54) is 0 Å². The average molecular weight is 349 g/mol. The molecule has 0 saturated carbocycles. The topological polar surface area (TPSA) is 67.8 Å². The standard InChI is InChI=1S/C18H17F2NO4/c19-11-8-15(20)17(16(22)9-11)18(23)21-12-3-5-13(6-4-12)25-10-14-2-1-7-24-14/h3-6,8-9,14,22H,1-2,7,10H2,(H,21,23)/t14-/m1/s1. The molecule has 1 fully saturated rings. The van der Waals surface area contributed by atoms with Crippen LogP contribution in [0.2, 0.25) is 0 Å². The highest BCUT2D eigenvalue weighted by molar-refractivity contribution is 6.06. The van der Waals surface area contributed by atoms with Crippen molar-refractivity contribution in [2.24, 2.45) is 0 Å². The molecule has 3 rings (SSSR count). The Morgan fingerprint density at radius 3 is 2.68 bits per heavy atom. The van der Waals surface area contributed by atoms with Crippen LogP contribution in [-0.2, 0) is 4.74 Å². The van der Waals surface area contributed by atoms with Crippen molar-refractivity contribution < 1.29 is 28.2 Å². The van der Waals surface area contributed by atoms with Crippen LogP contribution in [0.5, 0.6) is 11.5 Å². The number of rotatable bonds is 5. The van der Waals surface area contributed by atoms with E-state index in [0.29, 0.717) is 30.2 Å². The van der Waals surface area contributed by atoms with Gasteiger partial charge in [0.25, 0.3) is 5.91 Å². The van der Waals surface area contributed by atoms with E-state index in [9.17, 15) is 18.7 Å². The van der Waals surface area contributed by atoms with Crippen molar-refractivity contribution in [1.29, 1.82) is 0 Å². The number of carbonyl (C=O) groups excluding carboxylic acids is 1. The Morgan fingerprint density at radius 2 is 2.04 bits per heavy atom. The molecule has 0 bridgehead atoms. The van der Waals surface area contributed by atoms with Crippen molar-refractivity contribution in [3.63, 3.8) is 0 Å². The lowest BCUT2D eigenvalue weighted by Gasteiger charge is -2.12. The zero-order chi connectivity index (χ0) is 17.8. The van der Waals surface area contributed by atoms with Gasteiger partial charge >= 0.3 is 0 Å². The maximum atomic E-state index is 13.7. The number of hydrogen-bond donors (Lipinski definition) is 2. The van der Waals surface area contributed by atoms with E-state index >= 15 is 0 Å². The zero-order valence-corrected chi connectivity index (χ0v) is 13.3. The number of benzene rings is 2. The molecule has 1 aliphatic rings. The smallest absolute Gasteiger partial charge is 0.262 e. The predicted molar refractivity (Wildman–Crippen MR) is 86.9 cm³/mol. The third-order valence-electron chi connectivity index (χ3n) is 3.83. The molecule has 2 aromatic carbocycles. The molecule has 25 heavy (non-hydrogen) atoms. The number of hydrogen-bond acceptors (Lipinski definition) is 4. The lowest BCUT2D eigenvalue weighted by molar-refractivity contribution is 0.0679. The molecule has 0 aromatic heterocycles. The average Bonchev–Trinajstić information content (AvgIpc) is 3.06. The Balaban J connectivity index is 1.62. The van der Waals surface area contributed by atoms with Crippen molar-refractivity contribution in [3.05, 3.63) is 53.6 Å². The Labute approximate surface area is 143 Å². The third-order valence-corrected chi connectivity index (χ3v) is 3.83. The maximum Gasteiger partial charge on any atom is 0.262 e. The summed E-state index contributed by atoms with van der Waals surface area (Å²) in [7, 11) is 0. The molecule has 1 saturated heterocycles. The summed E-state index contributed by atoms with van der Waals surface area (Å²) in [5.74, 6) is -3.11. The second-order valence-corrected chi connectivity index (χ2v) is 5.71. The van der Waals surface area contributed by atoms with Crippen molar-refractivity contribution in [1.82, 2.24) is 0 Å². The van der Waals surface area contributed by atoms with E-state index in [2.05, 4.69) is 5.32 Å². The summed E-state index contributed by atoms with van der Waals surface area (Å²) in [5, 5.41) is 12.0. The van der Waals surface area contributed by atoms with Gasteiger partial charge in [0.2, 0.25) is 0 Å². The number of phenols is 1. The van der Waals surface area contributed by atoms with Crippen molar-refractivity contribution >= 4 is 11.6 Å². The molecule has 0 unspecified atom stereocenters. The number of aromatic hydroxyl groups is 1. The van der Waals surface area contributed by atoms with Gasteiger partial charge in [-0.1, -0.05) is 0 Å². The van der Waals surface area contributed by atoms with Crippen LogP contribution in [0.4, 0.5) is 14.5 Å². The molecule has 1 heterocycles. The number of halogens is 2. The van der Waals surface area contributed by atoms with Crippen LogP contribution in [-0.4, -0.2) is 30.3 Å². The van der Waals surface area contributed by atoms with Crippen molar-refractivity contribution in [2.45, 2.75) is 18.9 Å². The Hall–Kier alpha value is -2.67. The second kappa shape index (κ2) is 7.48. The summed E-state index contributed by atoms with van der Waals surface area (Å²) in [6, 6.07) is 7.70. The molecule has 1 amide bonds. The number of phenolic OH excluding ortho intramolecular Hbond substituents is 1. The molecule has 132 valence electrons. The van der Waals surface area contributed by atoms with E-state index in [0.717, 1.165) is 19.4 Å². The van der Waals surface area contributed by atoms with E-state index in [1.54, 1.807) is 24.3 Å². The van der Waals surface area contributed by atoms with Crippen molar-refractivity contribution in [2.75, 3.05) is 18.5 Å². The van der Waals surface area contributed by atoms with Gasteiger partial charge in [-0.15, -0.1) is 0 Å². The third kappa shape index (κ3) is 4.24. The summed E-state index contributed by atoms with van der Waals surface area (Å²) in [6.07, 6.45) is 2.11. The summed E-state index contributed by atoms with van der Waals surface area (Å²) in [5.41, 5.74) is -0.224. The first-order valence-electron chi connectivity index (χ1n) is 7.87. The van der Waals surface area contributed by atoms with Crippen molar-refractivity contribution in [3.8, 4) is 11.5 Å². The van der Waals surface area contributed by atoms with Crippen LogP contribution in [0.3, 0.4) is 0 Å². The molecule has 0 spiro atoms. The van der Waals surface area contributed by atoms with Gasteiger partial charge in [-0.25, -0.2) is 8.78 Å². The Kier molecular flexibility index (Phi) is 5.14. The van der Waals surface area contributed by atoms with Gasteiger partial charge in [0.05, 0.1) is 6.10 Å². The normalized spacial score (nSPS) is 16.6. The Morgan fingerprint density at radius 1 is 1.28 bits per heavy atom. The van der Waals surface area contributed by atoms with Crippen LogP contribution >= 0.6 is 0 Å². The summed E-state index contributed by atoms with van der Waals surface area (Å²) in [4.78, 5) is 12.1. The quantitative estimate of drug-likeness (QED) is 0.867. The van der Waals surface area contributed by atoms with Gasteiger partial charge in [-0.05, 0) is 37.1 Å². The largest absolute Gasteiger partial charge is 0.507 e. The highest BCUT2D eigenvalue weighted by Gasteiger charge is 2.19. The number of nitrogens with one attached hydrogen (secondary N) is 1. The number of amides is 1. The molecule has 0 aliphatic carbocycles. The van der Waals surface area contributed by atoms with E-state index in [1.807, 2.05) is 0 Å². The van der Waals surface area contributed by atoms with Gasteiger partial charge < -0.3 is 19.9 Å². The molecule has 5 nitrogen and oxygen atoms in total. The van der Waals surface area contributed by atoms with Gasteiger partial charge in [-0.3, -0.25) is 4.79 Å². The Bertz CT molecular complexity index is 735. The molecule has 0 radical (unpaired) electrons. The first-order valence-corrected chi connectivity index (χ1v) is 7.87. The number of carbonyl (C=O) groups is 1. The molecular formula is C18H17F2NO4. The SMILES string of the molecule is O=C(Nc1ccc(OC[C@H]2CCCO2)cc1)c1c(O)cc(F)cc1F. The number of ether oxygens (including phenoxy) is 2. The van der Waals surface area contributed by atoms with Crippen LogP contribution < -0.4 is 10.1 Å². The predicted octanol–water partition coefficient (Wildman–Crippen LogP) is 3.48. The molecule has 7 heteroatoms. The van der Waals surface area contributed by atoms with E-state index in [4.69, 9.17) is 9.47 Å². The van der Waals surface area contributed by atoms with Gasteiger partial charge in [0, 0.05) is 24.4 Å². The highest BCUT2D eigenvalue weighted by Crippen LogP contribution is 2.24. The van der Waals surface area contributed by atoms with Gasteiger partial charge in [0.15, 0.2) is 0 Å². The summed E-state index contributed by atoms with van der Waals surface area (Å²) in [6.45, 7) is 1.21. The van der Waals surface area contributed by atoms with Gasteiger partial charge in [0.1, 0.15) is 35.3 Å². The minimum absolute atomic E-state index is 0.101. The minimum Gasteiger partial charge on any atom is -0.507 e. The summed E-state index contributed by atoms with van der Waals surface area (Å²) < 4.78 is 37.7. The monoisotopic (exact) mass is 349 g/mol. The fourth-order valence-electron chi connectivity index (χ4n) is 2.58. The van der Waals surface area contributed by atoms with Crippen LogP contribution in [0.1, 0.15) is 23.2 Å². The molecule has 2 N–H and O–H groups in total. The lowest BCUT2D eigenvalue weighted by Crippen LogP contribution is -2.16. The first kappa shape index (κ1) is 17.2.